The molecule has 0 aliphatic carbocycles. The fraction of sp³-hybridized carbons (Fsp3) is 0.333. The van der Waals surface area contributed by atoms with Crippen molar-refractivity contribution in [3.63, 3.8) is 0 Å². The summed E-state index contributed by atoms with van der Waals surface area (Å²) in [7, 11) is 7.61. The molecule has 0 saturated heterocycles. The predicted molar refractivity (Wildman–Crippen MR) is 125 cm³/mol. The molecule has 31 heavy (non-hydrogen) atoms. The lowest BCUT2D eigenvalue weighted by molar-refractivity contribution is 0.228. The van der Waals surface area contributed by atoms with Gasteiger partial charge in [-0.25, -0.2) is 9.78 Å². The normalized spacial score (nSPS) is 12.5. The van der Waals surface area contributed by atoms with Crippen LogP contribution in [0, 0.1) is 6.92 Å². The second kappa shape index (κ2) is 8.07. The van der Waals surface area contributed by atoms with Crippen LogP contribution in [0.5, 0.6) is 0 Å². The van der Waals surface area contributed by atoms with Crippen molar-refractivity contribution in [2.45, 2.75) is 19.4 Å². The third-order valence-electron chi connectivity index (χ3n) is 6.09. The van der Waals surface area contributed by atoms with E-state index in [0.717, 1.165) is 39.1 Å². The van der Waals surface area contributed by atoms with Crippen LogP contribution in [0.1, 0.15) is 17.2 Å². The third kappa shape index (κ3) is 3.65. The second-order valence-corrected chi connectivity index (χ2v) is 8.34. The van der Waals surface area contributed by atoms with Crippen molar-refractivity contribution in [2.75, 3.05) is 25.6 Å². The van der Waals surface area contributed by atoms with Crippen LogP contribution in [0.15, 0.2) is 53.7 Å². The summed E-state index contributed by atoms with van der Waals surface area (Å²) in [5, 5.41) is 10.2. The topological polar surface area (TPSA) is 68.2 Å². The number of imidazole rings is 2. The lowest BCUT2D eigenvalue weighted by Crippen LogP contribution is -2.19. The van der Waals surface area contributed by atoms with Crippen LogP contribution in [-0.4, -0.2) is 44.5 Å². The third-order valence-corrected chi connectivity index (χ3v) is 6.09. The highest BCUT2D eigenvalue weighted by Gasteiger charge is 2.19. The number of fused-ring (bicyclic) bond motifs is 1. The van der Waals surface area contributed by atoms with Crippen LogP contribution in [-0.2, 0) is 20.5 Å². The van der Waals surface area contributed by atoms with Crippen molar-refractivity contribution in [2.24, 2.45) is 14.1 Å². The van der Waals surface area contributed by atoms with E-state index in [1.165, 1.54) is 0 Å². The predicted octanol–water partition coefficient (Wildman–Crippen LogP) is 2.89. The highest BCUT2D eigenvalue weighted by molar-refractivity contribution is 5.84. The van der Waals surface area contributed by atoms with Crippen LogP contribution < -0.4 is 10.6 Å². The molecule has 0 aliphatic heterocycles. The summed E-state index contributed by atoms with van der Waals surface area (Å²) in [6.07, 6.45) is 4.30. The summed E-state index contributed by atoms with van der Waals surface area (Å²) in [6.45, 7) is 2.04. The Labute approximate surface area is 181 Å². The fourth-order valence-corrected chi connectivity index (χ4v) is 4.18. The molecule has 0 bridgehead atoms. The maximum absolute atomic E-state index is 12.4. The molecule has 0 saturated carbocycles. The quantitative estimate of drug-likeness (QED) is 0.522. The van der Waals surface area contributed by atoms with Gasteiger partial charge >= 0.3 is 5.69 Å². The van der Waals surface area contributed by atoms with E-state index in [2.05, 4.69) is 34.1 Å². The number of hydrogen-bond acceptors (Lipinski definition) is 4. The number of benzene rings is 2. The SMILES string of the molecule is Cc1cc2c(cc1-c1cncn1C(CO)Cc1ccc(N(C)C)cc1)n(C)c(=O)n2C. The van der Waals surface area contributed by atoms with Crippen LogP contribution in [0.4, 0.5) is 5.69 Å². The summed E-state index contributed by atoms with van der Waals surface area (Å²) in [4.78, 5) is 18.8. The van der Waals surface area contributed by atoms with Gasteiger partial charge in [-0.2, -0.15) is 0 Å². The summed E-state index contributed by atoms with van der Waals surface area (Å²) >= 11 is 0. The second-order valence-electron chi connectivity index (χ2n) is 8.34. The minimum atomic E-state index is -0.141. The molecule has 162 valence electrons. The molecular formula is C24H29N5O2. The molecule has 7 heteroatoms. The molecule has 0 spiro atoms. The zero-order chi connectivity index (χ0) is 22.3. The van der Waals surface area contributed by atoms with Gasteiger partial charge in [0.25, 0.3) is 0 Å². The van der Waals surface area contributed by atoms with Crippen molar-refractivity contribution >= 4 is 16.7 Å². The molecule has 0 fully saturated rings. The van der Waals surface area contributed by atoms with E-state index in [1.54, 1.807) is 29.6 Å². The first-order valence-electron chi connectivity index (χ1n) is 10.4. The Balaban J connectivity index is 1.73. The van der Waals surface area contributed by atoms with Crippen LogP contribution in [0.3, 0.4) is 0 Å². The lowest BCUT2D eigenvalue weighted by Gasteiger charge is -2.21. The number of aliphatic hydroxyl groups excluding tert-OH is 1. The largest absolute Gasteiger partial charge is 0.394 e. The van der Waals surface area contributed by atoms with E-state index in [9.17, 15) is 9.90 Å². The highest BCUT2D eigenvalue weighted by Crippen LogP contribution is 2.30. The number of hydrogen-bond donors (Lipinski definition) is 1. The monoisotopic (exact) mass is 419 g/mol. The van der Waals surface area contributed by atoms with Gasteiger partial charge in [-0.15, -0.1) is 0 Å². The molecule has 1 unspecified atom stereocenters. The van der Waals surface area contributed by atoms with Gasteiger partial charge in [-0.1, -0.05) is 12.1 Å². The van der Waals surface area contributed by atoms with E-state index >= 15 is 0 Å². The van der Waals surface area contributed by atoms with Crippen LogP contribution >= 0.6 is 0 Å². The Morgan fingerprint density at radius 2 is 1.71 bits per heavy atom. The molecule has 4 aromatic rings. The van der Waals surface area contributed by atoms with Crippen molar-refractivity contribution < 1.29 is 5.11 Å². The summed E-state index contributed by atoms with van der Waals surface area (Å²) in [5.74, 6) is 0. The number of rotatable bonds is 6. The van der Waals surface area contributed by atoms with E-state index < -0.39 is 0 Å². The molecule has 2 aromatic carbocycles. The maximum atomic E-state index is 12.4. The molecule has 1 atom stereocenters. The van der Waals surface area contributed by atoms with Crippen molar-refractivity contribution in [1.29, 1.82) is 0 Å². The first kappa shape index (κ1) is 20.9. The zero-order valence-corrected chi connectivity index (χ0v) is 18.7. The Bertz CT molecular complexity index is 1280. The average Bonchev–Trinajstić information content (AvgIpc) is 3.32. The van der Waals surface area contributed by atoms with Gasteiger partial charge in [-0.05, 0) is 48.7 Å². The molecular weight excluding hydrogens is 390 g/mol. The maximum Gasteiger partial charge on any atom is 0.328 e. The Morgan fingerprint density at radius 1 is 1.06 bits per heavy atom. The minimum Gasteiger partial charge on any atom is -0.394 e. The van der Waals surface area contributed by atoms with Crippen molar-refractivity contribution in [3.05, 3.63) is 70.5 Å². The zero-order valence-electron chi connectivity index (χ0n) is 18.7. The molecule has 2 heterocycles. The van der Waals surface area contributed by atoms with Gasteiger partial charge in [0.05, 0.1) is 41.9 Å². The number of anilines is 1. The summed E-state index contributed by atoms with van der Waals surface area (Å²) in [5.41, 5.74) is 7.02. The highest BCUT2D eigenvalue weighted by atomic mass is 16.3. The molecule has 0 aliphatic rings. The number of aryl methyl sites for hydroxylation is 3. The number of aromatic nitrogens is 4. The summed E-state index contributed by atoms with van der Waals surface area (Å²) < 4.78 is 5.36. The van der Waals surface area contributed by atoms with Crippen molar-refractivity contribution in [1.82, 2.24) is 18.7 Å². The van der Waals surface area contributed by atoms with Gasteiger partial charge in [-0.3, -0.25) is 9.13 Å². The molecule has 7 nitrogen and oxygen atoms in total. The van der Waals surface area contributed by atoms with Gasteiger partial charge in [0.15, 0.2) is 0 Å². The average molecular weight is 420 g/mol. The van der Waals surface area contributed by atoms with Crippen LogP contribution in [0.2, 0.25) is 0 Å². The minimum absolute atomic E-state index is 0.00388. The number of nitrogens with zero attached hydrogens (tertiary/aromatic N) is 5. The van der Waals surface area contributed by atoms with Crippen molar-refractivity contribution in [3.8, 4) is 11.3 Å². The van der Waals surface area contributed by atoms with Gasteiger partial charge < -0.3 is 14.6 Å². The van der Waals surface area contributed by atoms with E-state index in [-0.39, 0.29) is 18.3 Å². The lowest BCUT2D eigenvalue weighted by atomic mass is 10.0. The fourth-order valence-electron chi connectivity index (χ4n) is 4.18. The molecule has 2 aromatic heterocycles. The first-order chi connectivity index (χ1) is 14.8. The van der Waals surface area contributed by atoms with Gasteiger partial charge in [0, 0.05) is 39.4 Å². The summed E-state index contributed by atoms with van der Waals surface area (Å²) in [6, 6.07) is 12.3. The first-order valence-corrected chi connectivity index (χ1v) is 10.4. The molecule has 0 amide bonds. The Morgan fingerprint density at radius 3 is 2.32 bits per heavy atom. The standard InChI is InChI=1S/C24H29N5O2/c1-16-10-21-22(28(5)24(31)27(21)4)12-20(16)23-13-25-15-29(23)19(14-30)11-17-6-8-18(9-7-17)26(2)3/h6-10,12-13,15,19,30H,11,14H2,1-5H3. The van der Waals surface area contributed by atoms with Gasteiger partial charge in [0.2, 0.25) is 0 Å². The van der Waals surface area contributed by atoms with E-state index in [1.807, 2.05) is 43.9 Å². The smallest absolute Gasteiger partial charge is 0.328 e. The van der Waals surface area contributed by atoms with Crippen LogP contribution in [0.25, 0.3) is 22.3 Å². The Kier molecular flexibility index (Phi) is 5.45. The Hall–Kier alpha value is -3.32. The van der Waals surface area contributed by atoms with Gasteiger partial charge in [0.1, 0.15) is 0 Å². The molecule has 0 radical (unpaired) electrons. The number of aliphatic hydroxyl groups is 1. The molecule has 4 rings (SSSR count). The van der Waals surface area contributed by atoms with E-state index in [0.29, 0.717) is 6.42 Å². The molecule has 1 N–H and O–H groups in total. The van der Waals surface area contributed by atoms with E-state index in [4.69, 9.17) is 0 Å².